The Labute approximate surface area is 68.3 Å². The van der Waals surface area contributed by atoms with E-state index < -0.39 is 11.4 Å². The van der Waals surface area contributed by atoms with Gasteiger partial charge in [0.05, 0.1) is 6.10 Å². The summed E-state index contributed by atoms with van der Waals surface area (Å²) in [6.45, 7) is 0. The Hall–Kier alpha value is 0.0300. The molecule has 0 heterocycles. The van der Waals surface area contributed by atoms with Crippen LogP contribution in [0.1, 0.15) is 32.1 Å². The molecule has 1 fully saturated rings. The molecule has 11 heavy (non-hydrogen) atoms. The van der Waals surface area contributed by atoms with Crippen LogP contribution in [0.25, 0.3) is 0 Å². The van der Waals surface area contributed by atoms with Gasteiger partial charge in [0, 0.05) is 0 Å². The number of hydrogen-bond donors (Lipinski definition) is 0. The lowest BCUT2D eigenvalue weighted by Crippen LogP contribution is -2.17. The highest BCUT2D eigenvalue weighted by Gasteiger charge is 2.14. The summed E-state index contributed by atoms with van der Waals surface area (Å²) in [5.74, 6) is 0. The van der Waals surface area contributed by atoms with Gasteiger partial charge in [0.15, 0.2) is 0 Å². The Kier molecular flexibility index (Phi) is 3.99. The van der Waals surface area contributed by atoms with Crippen LogP contribution in [0.2, 0.25) is 0 Å². The molecular weight excluding hydrogens is 168 g/mol. The fraction of sp³-hybridized carbons (Fsp3) is 1.00. The van der Waals surface area contributed by atoms with Crippen LogP contribution in [0.5, 0.6) is 0 Å². The van der Waals surface area contributed by atoms with Crippen LogP contribution >= 0.6 is 0 Å². The highest BCUT2D eigenvalue weighted by atomic mass is 32.2. The zero-order valence-corrected chi connectivity index (χ0v) is 6.97. The molecule has 4 nitrogen and oxygen atoms in total. The predicted molar refractivity (Wildman–Crippen MR) is 38.0 cm³/mol. The highest BCUT2D eigenvalue weighted by Crippen LogP contribution is 2.20. The van der Waals surface area contributed by atoms with E-state index in [2.05, 4.69) is 9.22 Å². The summed E-state index contributed by atoms with van der Waals surface area (Å²) in [4.78, 5) is 4.63. The molecule has 0 bridgehead atoms. The Bertz CT molecular complexity index is 133. The van der Waals surface area contributed by atoms with Crippen molar-refractivity contribution < 1.29 is 18.0 Å². The lowest BCUT2D eigenvalue weighted by atomic mass is 9.98. The topological polar surface area (TPSA) is 58.6 Å². The summed E-state index contributed by atoms with van der Waals surface area (Å²) >= 11 is -2.54. The first-order valence-corrected chi connectivity index (χ1v) is 4.72. The Balaban J connectivity index is 2.09. The average Bonchev–Trinajstić information content (AvgIpc) is 2.03. The summed E-state index contributed by atoms with van der Waals surface area (Å²) in [6, 6.07) is 0. The molecule has 5 heteroatoms. The predicted octanol–water partition coefficient (Wildman–Crippen LogP) is 1.06. The summed E-state index contributed by atoms with van der Waals surface area (Å²) in [7, 11) is 0. The second-order valence-electron chi connectivity index (χ2n) is 2.63. The molecule has 0 saturated heterocycles. The zero-order chi connectivity index (χ0) is 8.10. The average molecular weight is 179 g/mol. The van der Waals surface area contributed by atoms with Gasteiger partial charge in [0.25, 0.3) is 0 Å². The normalized spacial score (nSPS) is 23.4. The van der Waals surface area contributed by atoms with E-state index in [0.29, 0.717) is 0 Å². The van der Waals surface area contributed by atoms with E-state index in [9.17, 15) is 8.76 Å². The molecule has 0 aromatic carbocycles. The minimum atomic E-state index is -2.54. The third-order valence-corrected chi connectivity index (χ3v) is 1.97. The Morgan fingerprint density at radius 2 is 1.91 bits per heavy atom. The molecule has 0 aromatic rings. The fourth-order valence-corrected chi connectivity index (χ4v) is 1.42. The first-order valence-electron chi connectivity index (χ1n) is 3.72. The van der Waals surface area contributed by atoms with E-state index in [0.717, 1.165) is 25.7 Å². The smallest absolute Gasteiger partial charge is 0.120 e. The SMILES string of the molecule is O=S([O-])OOC1CCCCC1. The molecule has 1 aliphatic rings. The van der Waals surface area contributed by atoms with Crippen LogP contribution in [-0.2, 0) is 20.6 Å². The maximum absolute atomic E-state index is 9.89. The van der Waals surface area contributed by atoms with Crippen LogP contribution < -0.4 is 0 Å². The van der Waals surface area contributed by atoms with Crippen molar-refractivity contribution >= 4 is 11.4 Å². The van der Waals surface area contributed by atoms with Crippen molar-refractivity contribution in [2.75, 3.05) is 0 Å². The molecular formula is C6H11O4S-. The Morgan fingerprint density at radius 3 is 2.45 bits per heavy atom. The van der Waals surface area contributed by atoms with Crippen molar-refractivity contribution in [2.24, 2.45) is 0 Å². The summed E-state index contributed by atoms with van der Waals surface area (Å²) in [5, 5.41) is 0. The van der Waals surface area contributed by atoms with Crippen molar-refractivity contribution in [3.63, 3.8) is 0 Å². The molecule has 0 radical (unpaired) electrons. The van der Waals surface area contributed by atoms with Gasteiger partial charge in [0.2, 0.25) is 0 Å². The molecule has 0 amide bonds. The molecule has 0 spiro atoms. The lowest BCUT2D eigenvalue weighted by Gasteiger charge is -2.20. The minimum absolute atomic E-state index is 0.0263. The lowest BCUT2D eigenvalue weighted by molar-refractivity contribution is -0.247. The van der Waals surface area contributed by atoms with Gasteiger partial charge in [0.1, 0.15) is 11.4 Å². The molecule has 1 unspecified atom stereocenters. The highest BCUT2D eigenvalue weighted by molar-refractivity contribution is 7.73. The third-order valence-electron chi connectivity index (χ3n) is 1.78. The van der Waals surface area contributed by atoms with E-state index in [1.54, 1.807) is 0 Å². The van der Waals surface area contributed by atoms with Gasteiger partial charge >= 0.3 is 0 Å². The van der Waals surface area contributed by atoms with Crippen LogP contribution in [0.4, 0.5) is 0 Å². The summed E-state index contributed by atoms with van der Waals surface area (Å²) in [5.41, 5.74) is 0. The summed E-state index contributed by atoms with van der Waals surface area (Å²) in [6.07, 6.45) is 5.18. The van der Waals surface area contributed by atoms with Gasteiger partial charge in [-0.2, -0.15) is 0 Å². The molecule has 1 rings (SSSR count). The first-order chi connectivity index (χ1) is 5.29. The van der Waals surface area contributed by atoms with Crippen LogP contribution in [0.3, 0.4) is 0 Å². The first kappa shape index (κ1) is 9.12. The van der Waals surface area contributed by atoms with Crippen LogP contribution in [-0.4, -0.2) is 14.9 Å². The van der Waals surface area contributed by atoms with Crippen molar-refractivity contribution in [1.82, 2.24) is 0 Å². The van der Waals surface area contributed by atoms with Crippen molar-refractivity contribution in [1.29, 1.82) is 0 Å². The fourth-order valence-electron chi connectivity index (χ4n) is 1.25. The van der Waals surface area contributed by atoms with Gasteiger partial charge in [-0.3, -0.25) is 0 Å². The summed E-state index contributed by atoms with van der Waals surface area (Å²) < 4.78 is 23.8. The largest absolute Gasteiger partial charge is 0.748 e. The van der Waals surface area contributed by atoms with Gasteiger partial charge in [-0.05, 0) is 12.8 Å². The van der Waals surface area contributed by atoms with Crippen molar-refractivity contribution in [2.45, 2.75) is 38.2 Å². The van der Waals surface area contributed by atoms with E-state index in [1.165, 1.54) is 6.42 Å². The van der Waals surface area contributed by atoms with E-state index in [4.69, 9.17) is 0 Å². The van der Waals surface area contributed by atoms with Gasteiger partial charge < -0.3 is 4.55 Å². The van der Waals surface area contributed by atoms with Crippen LogP contribution in [0, 0.1) is 0 Å². The minimum Gasteiger partial charge on any atom is -0.748 e. The maximum Gasteiger partial charge on any atom is 0.120 e. The zero-order valence-electron chi connectivity index (χ0n) is 6.15. The van der Waals surface area contributed by atoms with Gasteiger partial charge in [-0.25, -0.2) is 9.10 Å². The molecule has 1 aliphatic carbocycles. The maximum atomic E-state index is 9.89. The van der Waals surface area contributed by atoms with E-state index in [-0.39, 0.29) is 6.10 Å². The van der Waals surface area contributed by atoms with Gasteiger partial charge in [-0.15, -0.1) is 4.33 Å². The molecule has 1 saturated carbocycles. The van der Waals surface area contributed by atoms with E-state index >= 15 is 0 Å². The third kappa shape index (κ3) is 3.81. The van der Waals surface area contributed by atoms with E-state index in [1.807, 2.05) is 0 Å². The molecule has 66 valence electrons. The Morgan fingerprint density at radius 1 is 1.27 bits per heavy atom. The van der Waals surface area contributed by atoms with Gasteiger partial charge in [-0.1, -0.05) is 19.3 Å². The second kappa shape index (κ2) is 4.82. The molecule has 0 aromatic heterocycles. The quantitative estimate of drug-likeness (QED) is 0.369. The van der Waals surface area contributed by atoms with Crippen LogP contribution in [0.15, 0.2) is 0 Å². The molecule has 0 aliphatic heterocycles. The van der Waals surface area contributed by atoms with Crippen molar-refractivity contribution in [3.8, 4) is 0 Å². The van der Waals surface area contributed by atoms with Crippen molar-refractivity contribution in [3.05, 3.63) is 0 Å². The number of hydrogen-bond acceptors (Lipinski definition) is 4. The second-order valence-corrected chi connectivity index (χ2v) is 3.17. The molecule has 1 atom stereocenters. The molecule has 0 N–H and O–H groups in total. The number of rotatable bonds is 3. The standard InChI is InChI=1S/C6H12O4S/c7-11(8)10-9-6-4-2-1-3-5-6/h6H,1-5H2,(H,7,8)/p-1. The monoisotopic (exact) mass is 179 g/mol.